The highest BCUT2D eigenvalue weighted by molar-refractivity contribution is 5.49. The topological polar surface area (TPSA) is 28.2 Å². The summed E-state index contributed by atoms with van der Waals surface area (Å²) in [6.07, 6.45) is 3.80. The normalized spacial score (nSPS) is 11.7. The highest BCUT2D eigenvalue weighted by atomic mass is 15.2. The van der Waals surface area contributed by atoms with Gasteiger partial charge in [-0.1, -0.05) is 26.0 Å². The molecule has 0 amide bonds. The molecule has 0 saturated heterocycles. The summed E-state index contributed by atoms with van der Waals surface area (Å²) in [5.74, 6) is 1.71. The van der Waals surface area contributed by atoms with Crippen molar-refractivity contribution >= 4 is 5.82 Å². The van der Waals surface area contributed by atoms with E-state index in [0.29, 0.717) is 5.92 Å². The Morgan fingerprint density at radius 1 is 1.40 bits per heavy atom. The molecule has 1 heterocycles. The summed E-state index contributed by atoms with van der Waals surface area (Å²) in [5, 5.41) is 3.50. The molecule has 0 unspecified atom stereocenters. The summed E-state index contributed by atoms with van der Waals surface area (Å²) in [6, 6.07) is 4.15. The summed E-state index contributed by atoms with van der Waals surface area (Å²) >= 11 is 0. The Bertz CT molecular complexity index is 418. The first-order chi connectivity index (χ1) is 9.36. The molecule has 0 aromatic carbocycles. The van der Waals surface area contributed by atoms with Crippen molar-refractivity contribution < 1.29 is 0 Å². The van der Waals surface area contributed by atoms with Crippen LogP contribution >= 0.6 is 0 Å². The molecule has 0 atom stereocenters. The lowest BCUT2D eigenvalue weighted by molar-refractivity contribution is 0.511. The van der Waals surface area contributed by atoms with Crippen LogP contribution in [0.5, 0.6) is 0 Å². The zero-order chi connectivity index (χ0) is 15.2. The van der Waals surface area contributed by atoms with Crippen LogP contribution in [-0.2, 0) is 6.54 Å². The largest absolute Gasteiger partial charge is 0.348 e. The van der Waals surface area contributed by atoms with Crippen molar-refractivity contribution in [1.29, 1.82) is 0 Å². The van der Waals surface area contributed by atoms with E-state index in [1.807, 2.05) is 18.3 Å². The van der Waals surface area contributed by atoms with Crippen molar-refractivity contribution in [2.75, 3.05) is 18.0 Å². The zero-order valence-corrected chi connectivity index (χ0v) is 13.6. The van der Waals surface area contributed by atoms with Crippen LogP contribution in [-0.4, -0.2) is 23.6 Å². The van der Waals surface area contributed by atoms with E-state index in [0.717, 1.165) is 25.5 Å². The smallest absolute Gasteiger partial charge is 0.133 e. The van der Waals surface area contributed by atoms with Gasteiger partial charge < -0.3 is 10.2 Å². The number of anilines is 1. The van der Waals surface area contributed by atoms with Crippen LogP contribution in [0, 0.1) is 5.92 Å². The first-order valence-corrected chi connectivity index (χ1v) is 7.39. The predicted molar refractivity (Wildman–Crippen MR) is 88.1 cm³/mol. The monoisotopic (exact) mass is 275 g/mol. The standard InChI is InChI=1S/C17H29N3/c1-7-11-20(17(4,5)6)16-15(9-8-10-19-16)13-18-12-14(2)3/h7-10,14,18H,1,11-13H2,2-6H3. The molecule has 0 saturated carbocycles. The van der Waals surface area contributed by atoms with E-state index in [1.165, 1.54) is 5.56 Å². The molecule has 1 aromatic rings. The molecule has 0 bridgehead atoms. The van der Waals surface area contributed by atoms with Crippen LogP contribution in [0.15, 0.2) is 31.0 Å². The number of nitrogens with one attached hydrogen (secondary N) is 1. The molecule has 0 aliphatic rings. The van der Waals surface area contributed by atoms with Crippen molar-refractivity contribution in [2.24, 2.45) is 5.92 Å². The van der Waals surface area contributed by atoms with Crippen molar-refractivity contribution in [3.05, 3.63) is 36.5 Å². The van der Waals surface area contributed by atoms with Crippen LogP contribution in [0.2, 0.25) is 0 Å². The van der Waals surface area contributed by atoms with E-state index >= 15 is 0 Å². The van der Waals surface area contributed by atoms with Crippen molar-refractivity contribution in [1.82, 2.24) is 10.3 Å². The summed E-state index contributed by atoms with van der Waals surface area (Å²) in [4.78, 5) is 6.90. The SMILES string of the molecule is C=CCN(c1ncccc1CNCC(C)C)C(C)(C)C. The van der Waals surface area contributed by atoms with E-state index in [4.69, 9.17) is 0 Å². The summed E-state index contributed by atoms with van der Waals surface area (Å²) < 4.78 is 0. The highest BCUT2D eigenvalue weighted by Gasteiger charge is 2.23. The van der Waals surface area contributed by atoms with E-state index in [2.05, 4.69) is 62.5 Å². The van der Waals surface area contributed by atoms with Gasteiger partial charge in [0.1, 0.15) is 5.82 Å². The van der Waals surface area contributed by atoms with Gasteiger partial charge in [-0.3, -0.25) is 0 Å². The van der Waals surface area contributed by atoms with Crippen molar-refractivity contribution in [2.45, 2.75) is 46.7 Å². The molecule has 112 valence electrons. The summed E-state index contributed by atoms with van der Waals surface area (Å²) in [5.41, 5.74) is 1.26. The van der Waals surface area contributed by atoms with Gasteiger partial charge in [0.25, 0.3) is 0 Å². The lowest BCUT2D eigenvalue weighted by Crippen LogP contribution is -2.43. The molecular formula is C17H29N3. The average molecular weight is 275 g/mol. The maximum atomic E-state index is 4.60. The fourth-order valence-corrected chi connectivity index (χ4v) is 2.11. The van der Waals surface area contributed by atoms with Crippen LogP contribution in [0.3, 0.4) is 0 Å². The van der Waals surface area contributed by atoms with Gasteiger partial charge >= 0.3 is 0 Å². The molecular weight excluding hydrogens is 246 g/mol. The van der Waals surface area contributed by atoms with Crippen LogP contribution in [0.1, 0.15) is 40.2 Å². The Labute approximate surface area is 124 Å². The van der Waals surface area contributed by atoms with Crippen LogP contribution in [0.4, 0.5) is 5.82 Å². The lowest BCUT2D eigenvalue weighted by atomic mass is 10.0. The van der Waals surface area contributed by atoms with Crippen molar-refractivity contribution in [3.63, 3.8) is 0 Å². The summed E-state index contributed by atoms with van der Waals surface area (Å²) in [7, 11) is 0. The second-order valence-electron chi connectivity index (χ2n) is 6.58. The highest BCUT2D eigenvalue weighted by Crippen LogP contribution is 2.25. The minimum Gasteiger partial charge on any atom is -0.348 e. The summed E-state index contributed by atoms with van der Waals surface area (Å²) in [6.45, 7) is 17.6. The molecule has 0 fully saturated rings. The molecule has 1 aromatic heterocycles. The molecule has 0 radical (unpaired) electrons. The van der Waals surface area contributed by atoms with E-state index < -0.39 is 0 Å². The first kappa shape index (κ1) is 16.7. The van der Waals surface area contributed by atoms with Gasteiger partial charge in [0.2, 0.25) is 0 Å². The second kappa shape index (κ2) is 7.44. The molecule has 1 N–H and O–H groups in total. The number of pyridine rings is 1. The predicted octanol–water partition coefficient (Wildman–Crippen LogP) is 3.62. The lowest BCUT2D eigenvalue weighted by Gasteiger charge is -2.37. The number of nitrogens with zero attached hydrogens (tertiary/aromatic N) is 2. The third-order valence-corrected chi connectivity index (χ3v) is 3.11. The number of rotatable bonds is 7. The molecule has 3 nitrogen and oxygen atoms in total. The Morgan fingerprint density at radius 2 is 2.10 bits per heavy atom. The minimum absolute atomic E-state index is 0.0232. The fraction of sp³-hybridized carbons (Fsp3) is 0.588. The molecule has 3 heteroatoms. The minimum atomic E-state index is 0.0232. The van der Waals surface area contributed by atoms with E-state index in [1.54, 1.807) is 0 Å². The molecule has 0 aliphatic heterocycles. The number of hydrogen-bond acceptors (Lipinski definition) is 3. The fourth-order valence-electron chi connectivity index (χ4n) is 2.11. The molecule has 20 heavy (non-hydrogen) atoms. The maximum absolute atomic E-state index is 4.60. The molecule has 0 aliphatic carbocycles. The first-order valence-electron chi connectivity index (χ1n) is 7.39. The number of aromatic nitrogens is 1. The zero-order valence-electron chi connectivity index (χ0n) is 13.6. The van der Waals surface area contributed by atoms with Gasteiger partial charge in [0.15, 0.2) is 0 Å². The van der Waals surface area contributed by atoms with Crippen LogP contribution < -0.4 is 10.2 Å². The van der Waals surface area contributed by atoms with Gasteiger partial charge in [-0.25, -0.2) is 4.98 Å². The van der Waals surface area contributed by atoms with E-state index in [-0.39, 0.29) is 5.54 Å². The average Bonchev–Trinajstić information content (AvgIpc) is 2.35. The Morgan fingerprint density at radius 3 is 2.65 bits per heavy atom. The van der Waals surface area contributed by atoms with Gasteiger partial charge in [-0.2, -0.15) is 0 Å². The Kier molecular flexibility index (Phi) is 6.21. The third-order valence-electron chi connectivity index (χ3n) is 3.11. The van der Waals surface area contributed by atoms with Gasteiger partial charge in [-0.15, -0.1) is 6.58 Å². The Balaban J connectivity index is 2.94. The van der Waals surface area contributed by atoms with E-state index in [9.17, 15) is 0 Å². The molecule has 1 rings (SSSR count). The van der Waals surface area contributed by atoms with Gasteiger partial charge in [0, 0.05) is 30.4 Å². The Hall–Kier alpha value is -1.35. The van der Waals surface area contributed by atoms with Crippen molar-refractivity contribution in [3.8, 4) is 0 Å². The molecule has 0 spiro atoms. The third kappa shape index (κ3) is 4.97. The quantitative estimate of drug-likeness (QED) is 0.770. The second-order valence-corrected chi connectivity index (χ2v) is 6.58. The van der Waals surface area contributed by atoms with Gasteiger partial charge in [-0.05, 0) is 39.3 Å². The maximum Gasteiger partial charge on any atom is 0.133 e. The van der Waals surface area contributed by atoms with Gasteiger partial charge in [0.05, 0.1) is 0 Å². The number of hydrogen-bond donors (Lipinski definition) is 1. The van der Waals surface area contributed by atoms with Crippen LogP contribution in [0.25, 0.3) is 0 Å².